The monoisotopic (exact) mass is 325 g/mol. The molecule has 0 fully saturated rings. The van der Waals surface area contributed by atoms with Crippen LogP contribution in [0.2, 0.25) is 0 Å². The number of phenols is 1. The fourth-order valence-electron chi connectivity index (χ4n) is 2.57. The number of carboxylic acid groups (broad SMARTS) is 1. The fourth-order valence-corrected chi connectivity index (χ4v) is 2.57. The maximum Gasteiger partial charge on any atom is 0.339 e. The highest BCUT2D eigenvalue weighted by Crippen LogP contribution is 2.23. The van der Waals surface area contributed by atoms with Crippen molar-refractivity contribution < 1.29 is 19.8 Å². The van der Waals surface area contributed by atoms with E-state index in [4.69, 9.17) is 5.11 Å². The van der Waals surface area contributed by atoms with Gasteiger partial charge < -0.3 is 15.5 Å². The van der Waals surface area contributed by atoms with Crippen molar-refractivity contribution in [3.8, 4) is 5.75 Å². The van der Waals surface area contributed by atoms with E-state index >= 15 is 0 Å². The molecule has 0 aliphatic carbocycles. The molecular weight excluding hydrogens is 310 g/mol. The summed E-state index contributed by atoms with van der Waals surface area (Å²) < 4.78 is 1.69. The number of hydrogen-bond donors (Lipinski definition) is 3. The van der Waals surface area contributed by atoms with E-state index in [1.807, 2.05) is 19.1 Å². The fraction of sp³-hybridized carbons (Fsp3) is 0.118. The predicted molar refractivity (Wildman–Crippen MR) is 87.7 cm³/mol. The van der Waals surface area contributed by atoms with Crippen LogP contribution < -0.4 is 5.32 Å². The average molecular weight is 325 g/mol. The van der Waals surface area contributed by atoms with Gasteiger partial charge in [-0.25, -0.2) is 9.78 Å². The molecule has 0 aliphatic heterocycles. The zero-order valence-corrected chi connectivity index (χ0v) is 13.1. The third kappa shape index (κ3) is 2.56. The molecule has 7 heteroatoms. The van der Waals surface area contributed by atoms with E-state index in [-0.39, 0.29) is 17.0 Å². The number of rotatable bonds is 3. The van der Waals surface area contributed by atoms with Gasteiger partial charge >= 0.3 is 5.97 Å². The van der Waals surface area contributed by atoms with Gasteiger partial charge in [0.05, 0.1) is 5.69 Å². The van der Waals surface area contributed by atoms with E-state index in [1.54, 1.807) is 17.5 Å². The van der Waals surface area contributed by atoms with Crippen molar-refractivity contribution in [2.75, 3.05) is 5.32 Å². The Morgan fingerprint density at radius 3 is 2.67 bits per heavy atom. The largest absolute Gasteiger partial charge is 0.507 e. The molecule has 0 saturated heterocycles. The molecule has 1 amide bonds. The summed E-state index contributed by atoms with van der Waals surface area (Å²) in [5.74, 6) is -2.04. The number of amides is 1. The summed E-state index contributed by atoms with van der Waals surface area (Å²) in [6.07, 6.45) is 1.75. The third-order valence-electron chi connectivity index (χ3n) is 3.72. The molecule has 0 spiro atoms. The van der Waals surface area contributed by atoms with Crippen molar-refractivity contribution >= 4 is 23.2 Å². The summed E-state index contributed by atoms with van der Waals surface area (Å²) in [5, 5.41) is 21.2. The molecule has 3 aromatic rings. The number of carboxylic acids is 1. The van der Waals surface area contributed by atoms with Crippen LogP contribution in [0.4, 0.5) is 5.69 Å². The van der Waals surface area contributed by atoms with Gasteiger partial charge in [-0.05, 0) is 43.7 Å². The summed E-state index contributed by atoms with van der Waals surface area (Å²) in [4.78, 5) is 28.1. The van der Waals surface area contributed by atoms with Crippen LogP contribution in [0.25, 0.3) is 5.65 Å². The summed E-state index contributed by atoms with van der Waals surface area (Å²) in [5.41, 5.74) is 2.57. The van der Waals surface area contributed by atoms with E-state index in [2.05, 4.69) is 10.3 Å². The molecule has 7 nitrogen and oxygen atoms in total. The Bertz CT molecular complexity index is 975. The zero-order chi connectivity index (χ0) is 17.4. The molecule has 24 heavy (non-hydrogen) atoms. The highest BCUT2D eigenvalue weighted by atomic mass is 16.4. The standard InChI is InChI=1S/C17H15N3O4/c1-9-4-3-7-20-14(10(2)18-15(9)20)16(22)19-11-5-6-13(21)12(8-11)17(23)24/h3-8,21H,1-2H3,(H,19,22)(H,23,24). The van der Waals surface area contributed by atoms with Gasteiger partial charge in [-0.1, -0.05) is 6.07 Å². The predicted octanol–water partition coefficient (Wildman–Crippen LogP) is 2.61. The van der Waals surface area contributed by atoms with E-state index in [0.717, 1.165) is 5.56 Å². The number of imidazole rings is 1. The van der Waals surface area contributed by atoms with E-state index < -0.39 is 11.9 Å². The molecule has 0 saturated carbocycles. The number of carbonyl (C=O) groups is 2. The van der Waals surface area contributed by atoms with Gasteiger partial charge in [-0.2, -0.15) is 0 Å². The van der Waals surface area contributed by atoms with Crippen molar-refractivity contribution in [2.24, 2.45) is 0 Å². The van der Waals surface area contributed by atoms with Gasteiger partial charge in [0, 0.05) is 11.9 Å². The SMILES string of the molecule is Cc1nc2c(C)cccn2c1C(=O)Nc1ccc(O)c(C(=O)O)c1. The molecule has 2 aromatic heterocycles. The highest BCUT2D eigenvalue weighted by molar-refractivity contribution is 6.05. The molecule has 0 radical (unpaired) electrons. The second-order valence-corrected chi connectivity index (χ2v) is 5.42. The van der Waals surface area contributed by atoms with Crippen LogP contribution >= 0.6 is 0 Å². The lowest BCUT2D eigenvalue weighted by molar-refractivity contribution is 0.0693. The minimum absolute atomic E-state index is 0.275. The van der Waals surface area contributed by atoms with Crippen LogP contribution in [0.15, 0.2) is 36.5 Å². The van der Waals surface area contributed by atoms with Crippen LogP contribution in [0.3, 0.4) is 0 Å². The van der Waals surface area contributed by atoms with E-state index in [9.17, 15) is 14.7 Å². The van der Waals surface area contributed by atoms with Crippen molar-refractivity contribution in [1.82, 2.24) is 9.38 Å². The van der Waals surface area contributed by atoms with Gasteiger partial charge in [0.1, 0.15) is 22.7 Å². The Labute approximate surface area is 137 Å². The Balaban J connectivity index is 1.99. The number of aromatic nitrogens is 2. The molecule has 0 unspecified atom stereocenters. The first kappa shape index (κ1) is 15.5. The molecule has 1 aromatic carbocycles. The lowest BCUT2D eigenvalue weighted by Crippen LogP contribution is -2.16. The third-order valence-corrected chi connectivity index (χ3v) is 3.72. The number of fused-ring (bicyclic) bond motifs is 1. The molecule has 0 bridgehead atoms. The molecule has 0 atom stereocenters. The molecule has 0 aliphatic rings. The van der Waals surface area contributed by atoms with Crippen molar-refractivity contribution in [1.29, 1.82) is 0 Å². The number of aryl methyl sites for hydroxylation is 2. The number of pyridine rings is 1. The van der Waals surface area contributed by atoms with Crippen LogP contribution in [0.1, 0.15) is 32.1 Å². The van der Waals surface area contributed by atoms with Gasteiger partial charge in [-0.15, -0.1) is 0 Å². The quantitative estimate of drug-likeness (QED) is 0.642. The number of carbonyl (C=O) groups excluding carboxylic acids is 1. The summed E-state index contributed by atoms with van der Waals surface area (Å²) in [6, 6.07) is 7.60. The number of hydrogen-bond acceptors (Lipinski definition) is 4. The van der Waals surface area contributed by atoms with E-state index in [0.29, 0.717) is 17.0 Å². The van der Waals surface area contributed by atoms with E-state index in [1.165, 1.54) is 18.2 Å². The van der Waals surface area contributed by atoms with Crippen LogP contribution in [-0.4, -0.2) is 31.5 Å². The van der Waals surface area contributed by atoms with Crippen LogP contribution in [0.5, 0.6) is 5.75 Å². The summed E-state index contributed by atoms with van der Waals surface area (Å²) in [6.45, 7) is 3.64. The number of benzene rings is 1. The maximum atomic E-state index is 12.6. The Hall–Kier alpha value is -3.35. The minimum Gasteiger partial charge on any atom is -0.507 e. The van der Waals surface area contributed by atoms with Gasteiger partial charge in [-0.3, -0.25) is 9.20 Å². The van der Waals surface area contributed by atoms with Crippen molar-refractivity contribution in [3.63, 3.8) is 0 Å². The maximum absolute atomic E-state index is 12.6. The topological polar surface area (TPSA) is 104 Å². The molecule has 3 N–H and O–H groups in total. The van der Waals surface area contributed by atoms with Crippen molar-refractivity contribution in [2.45, 2.75) is 13.8 Å². The highest BCUT2D eigenvalue weighted by Gasteiger charge is 2.18. The number of anilines is 1. The lowest BCUT2D eigenvalue weighted by atomic mass is 10.1. The number of nitrogens with zero attached hydrogens (tertiary/aromatic N) is 2. The molecule has 122 valence electrons. The first-order valence-corrected chi connectivity index (χ1v) is 7.20. The Morgan fingerprint density at radius 1 is 1.21 bits per heavy atom. The first-order chi connectivity index (χ1) is 11.4. The van der Waals surface area contributed by atoms with Gasteiger partial charge in [0.25, 0.3) is 5.91 Å². The lowest BCUT2D eigenvalue weighted by Gasteiger charge is -2.08. The second-order valence-electron chi connectivity index (χ2n) is 5.42. The number of aromatic hydroxyl groups is 1. The van der Waals surface area contributed by atoms with Crippen molar-refractivity contribution in [3.05, 3.63) is 59.0 Å². The van der Waals surface area contributed by atoms with Gasteiger partial charge in [0.15, 0.2) is 0 Å². The molecule has 2 heterocycles. The molecule has 3 rings (SSSR count). The first-order valence-electron chi connectivity index (χ1n) is 7.20. The Morgan fingerprint density at radius 2 is 1.96 bits per heavy atom. The molecular formula is C17H15N3O4. The number of nitrogens with one attached hydrogen (secondary N) is 1. The van der Waals surface area contributed by atoms with Crippen LogP contribution in [0, 0.1) is 13.8 Å². The van der Waals surface area contributed by atoms with Gasteiger partial charge in [0.2, 0.25) is 0 Å². The summed E-state index contributed by atoms with van der Waals surface area (Å²) in [7, 11) is 0. The zero-order valence-electron chi connectivity index (χ0n) is 13.1. The smallest absolute Gasteiger partial charge is 0.339 e. The Kier molecular flexibility index (Phi) is 3.69. The van der Waals surface area contributed by atoms with Crippen LogP contribution in [-0.2, 0) is 0 Å². The minimum atomic E-state index is -1.27. The second kappa shape index (κ2) is 5.69. The normalized spacial score (nSPS) is 10.8. The average Bonchev–Trinajstić information content (AvgIpc) is 2.86. The summed E-state index contributed by atoms with van der Waals surface area (Å²) >= 11 is 0. The number of aromatic carboxylic acids is 1.